The lowest BCUT2D eigenvalue weighted by Crippen LogP contribution is -2.39. The van der Waals surface area contributed by atoms with Crippen LogP contribution < -0.4 is 10.6 Å². The van der Waals surface area contributed by atoms with Gasteiger partial charge in [0.2, 0.25) is 5.91 Å². The Morgan fingerprint density at radius 2 is 1.56 bits per heavy atom. The lowest BCUT2D eigenvalue weighted by molar-refractivity contribution is -0.145. The normalized spacial score (nSPS) is 9.96. The van der Waals surface area contributed by atoms with Crippen LogP contribution in [0.5, 0.6) is 0 Å². The van der Waals surface area contributed by atoms with Crippen molar-refractivity contribution in [3.8, 4) is 0 Å². The van der Waals surface area contributed by atoms with E-state index in [0.717, 1.165) is 11.6 Å². The van der Waals surface area contributed by atoms with Gasteiger partial charge in [0.1, 0.15) is 19.0 Å². The maximum atomic E-state index is 13.4. The summed E-state index contributed by atoms with van der Waals surface area (Å²) >= 11 is 0. The Morgan fingerprint density at radius 3 is 2.28 bits per heavy atom. The van der Waals surface area contributed by atoms with E-state index < -0.39 is 23.6 Å². The number of carbonyl (C=O) groups is 3. The molecule has 0 aliphatic heterocycles. The van der Waals surface area contributed by atoms with Crippen molar-refractivity contribution in [1.29, 1.82) is 0 Å². The summed E-state index contributed by atoms with van der Waals surface area (Å²) in [7, 11) is 0. The van der Waals surface area contributed by atoms with E-state index in [1.807, 2.05) is 30.3 Å². The van der Waals surface area contributed by atoms with E-state index in [2.05, 4.69) is 10.6 Å². The van der Waals surface area contributed by atoms with E-state index in [4.69, 9.17) is 4.74 Å². The molecule has 0 aliphatic rings. The molecule has 2 amide bonds. The monoisotopic (exact) mass is 344 g/mol. The van der Waals surface area contributed by atoms with Gasteiger partial charge in [-0.15, -0.1) is 0 Å². The Morgan fingerprint density at radius 1 is 0.880 bits per heavy atom. The highest BCUT2D eigenvalue weighted by Gasteiger charge is 2.12. The summed E-state index contributed by atoms with van der Waals surface area (Å²) in [5, 5.41) is 4.60. The van der Waals surface area contributed by atoms with Gasteiger partial charge >= 0.3 is 5.97 Å². The van der Waals surface area contributed by atoms with Gasteiger partial charge in [-0.05, 0) is 17.7 Å². The molecule has 0 saturated carbocycles. The predicted molar refractivity (Wildman–Crippen MR) is 88.0 cm³/mol. The van der Waals surface area contributed by atoms with E-state index in [1.165, 1.54) is 18.2 Å². The van der Waals surface area contributed by atoms with Crippen molar-refractivity contribution < 1.29 is 23.5 Å². The Bertz CT molecular complexity index is 750. The molecule has 0 aliphatic carbocycles. The number of hydrogen-bond donors (Lipinski definition) is 2. The first-order valence-electron chi connectivity index (χ1n) is 7.55. The zero-order valence-electron chi connectivity index (χ0n) is 13.3. The van der Waals surface area contributed by atoms with Crippen LogP contribution in [0, 0.1) is 5.82 Å². The number of hydrogen-bond acceptors (Lipinski definition) is 4. The first kappa shape index (κ1) is 18.1. The standard InChI is InChI=1S/C18H17FN2O4/c19-15-9-5-4-8-14(15)18(24)21-10-16(22)20-11-17(23)25-12-13-6-2-1-3-7-13/h1-9H,10-12H2,(H,20,22)(H,21,24). The van der Waals surface area contributed by atoms with Gasteiger partial charge in [-0.25, -0.2) is 4.39 Å². The number of nitrogens with one attached hydrogen (secondary N) is 2. The fraction of sp³-hybridized carbons (Fsp3) is 0.167. The molecule has 0 bridgehead atoms. The maximum absolute atomic E-state index is 13.4. The molecule has 0 saturated heterocycles. The highest BCUT2D eigenvalue weighted by molar-refractivity contribution is 5.96. The summed E-state index contributed by atoms with van der Waals surface area (Å²) in [6.45, 7) is -0.583. The molecule has 0 radical (unpaired) electrons. The zero-order chi connectivity index (χ0) is 18.1. The van der Waals surface area contributed by atoms with Gasteiger partial charge < -0.3 is 15.4 Å². The molecule has 25 heavy (non-hydrogen) atoms. The summed E-state index contributed by atoms with van der Waals surface area (Å²) in [5.41, 5.74) is 0.678. The number of amides is 2. The van der Waals surface area contributed by atoms with Gasteiger partial charge in [-0.3, -0.25) is 14.4 Å². The lowest BCUT2D eigenvalue weighted by Gasteiger charge is -2.08. The number of halogens is 1. The topological polar surface area (TPSA) is 84.5 Å². The van der Waals surface area contributed by atoms with Crippen LogP contribution in [0.2, 0.25) is 0 Å². The molecule has 2 N–H and O–H groups in total. The minimum absolute atomic E-state index is 0.111. The SMILES string of the molecule is O=C(CNC(=O)c1ccccc1F)NCC(=O)OCc1ccccc1. The Labute approximate surface area is 144 Å². The Balaban J connectivity index is 1.67. The van der Waals surface area contributed by atoms with Gasteiger partial charge in [-0.1, -0.05) is 42.5 Å². The van der Waals surface area contributed by atoms with Gasteiger partial charge in [0.25, 0.3) is 5.91 Å². The van der Waals surface area contributed by atoms with E-state index in [1.54, 1.807) is 0 Å². The average molecular weight is 344 g/mol. The quantitative estimate of drug-likeness (QED) is 0.744. The van der Waals surface area contributed by atoms with Crippen LogP contribution in [0.1, 0.15) is 15.9 Å². The van der Waals surface area contributed by atoms with Crippen LogP contribution in [-0.2, 0) is 20.9 Å². The lowest BCUT2D eigenvalue weighted by atomic mass is 10.2. The summed E-state index contributed by atoms with van der Waals surface area (Å²) in [4.78, 5) is 34.9. The number of esters is 1. The summed E-state index contributed by atoms with van der Waals surface area (Å²) in [5.74, 6) is -2.57. The smallest absolute Gasteiger partial charge is 0.325 e. The second kappa shape index (κ2) is 9.17. The first-order chi connectivity index (χ1) is 12.1. The third kappa shape index (κ3) is 6.06. The van der Waals surface area contributed by atoms with E-state index >= 15 is 0 Å². The molecule has 0 heterocycles. The number of ether oxygens (including phenoxy) is 1. The second-order valence-corrected chi connectivity index (χ2v) is 5.09. The summed E-state index contributed by atoms with van der Waals surface area (Å²) < 4.78 is 18.4. The fourth-order valence-electron chi connectivity index (χ4n) is 1.92. The van der Waals surface area contributed by atoms with E-state index in [9.17, 15) is 18.8 Å². The molecule has 2 aromatic carbocycles. The molecule has 0 atom stereocenters. The largest absolute Gasteiger partial charge is 0.460 e. The van der Waals surface area contributed by atoms with Crippen molar-refractivity contribution in [2.45, 2.75) is 6.61 Å². The second-order valence-electron chi connectivity index (χ2n) is 5.09. The minimum Gasteiger partial charge on any atom is -0.460 e. The average Bonchev–Trinajstić information content (AvgIpc) is 2.64. The molecule has 2 rings (SSSR count). The van der Waals surface area contributed by atoms with Crippen molar-refractivity contribution in [2.75, 3.05) is 13.1 Å². The Hall–Kier alpha value is -3.22. The van der Waals surface area contributed by atoms with Crippen LogP contribution in [0.3, 0.4) is 0 Å². The van der Waals surface area contributed by atoms with Crippen LogP contribution in [0.4, 0.5) is 4.39 Å². The van der Waals surface area contributed by atoms with Crippen LogP contribution in [0.15, 0.2) is 54.6 Å². The minimum atomic E-state index is -0.708. The van der Waals surface area contributed by atoms with E-state index in [-0.39, 0.29) is 25.3 Å². The van der Waals surface area contributed by atoms with Gasteiger partial charge in [-0.2, -0.15) is 0 Å². The van der Waals surface area contributed by atoms with Crippen LogP contribution in [-0.4, -0.2) is 30.9 Å². The molecule has 7 heteroatoms. The predicted octanol–water partition coefficient (Wildman–Crippen LogP) is 1.42. The third-order valence-electron chi connectivity index (χ3n) is 3.20. The number of carbonyl (C=O) groups excluding carboxylic acids is 3. The van der Waals surface area contributed by atoms with Crippen LogP contribution >= 0.6 is 0 Å². The van der Waals surface area contributed by atoms with Crippen LogP contribution in [0.25, 0.3) is 0 Å². The van der Waals surface area contributed by atoms with Crippen molar-refractivity contribution in [1.82, 2.24) is 10.6 Å². The first-order valence-corrected chi connectivity index (χ1v) is 7.55. The fourth-order valence-corrected chi connectivity index (χ4v) is 1.92. The highest BCUT2D eigenvalue weighted by atomic mass is 19.1. The molecule has 0 fully saturated rings. The third-order valence-corrected chi connectivity index (χ3v) is 3.20. The highest BCUT2D eigenvalue weighted by Crippen LogP contribution is 2.05. The molecule has 130 valence electrons. The van der Waals surface area contributed by atoms with Crippen molar-refractivity contribution in [2.24, 2.45) is 0 Å². The molecule has 2 aromatic rings. The summed E-state index contributed by atoms with van der Waals surface area (Å²) in [6.07, 6.45) is 0. The van der Waals surface area contributed by atoms with Gasteiger partial charge in [0.05, 0.1) is 12.1 Å². The molecular weight excluding hydrogens is 327 g/mol. The van der Waals surface area contributed by atoms with Crippen molar-refractivity contribution in [3.05, 3.63) is 71.5 Å². The van der Waals surface area contributed by atoms with Gasteiger partial charge in [0, 0.05) is 0 Å². The summed E-state index contributed by atoms with van der Waals surface area (Å²) in [6, 6.07) is 14.5. The number of rotatable bonds is 7. The van der Waals surface area contributed by atoms with E-state index in [0.29, 0.717) is 0 Å². The molecular formula is C18H17FN2O4. The molecule has 6 nitrogen and oxygen atoms in total. The molecule has 0 spiro atoms. The van der Waals surface area contributed by atoms with Gasteiger partial charge in [0.15, 0.2) is 0 Å². The molecule has 0 unspecified atom stereocenters. The zero-order valence-corrected chi connectivity index (χ0v) is 13.3. The maximum Gasteiger partial charge on any atom is 0.325 e. The molecule has 0 aromatic heterocycles. The Kier molecular flexibility index (Phi) is 6.65. The van der Waals surface area contributed by atoms with Crippen molar-refractivity contribution >= 4 is 17.8 Å². The number of benzene rings is 2. The van der Waals surface area contributed by atoms with Crippen molar-refractivity contribution in [3.63, 3.8) is 0 Å².